The molecule has 0 aliphatic heterocycles. The van der Waals surface area contributed by atoms with E-state index < -0.39 is 0 Å². The normalized spacial score (nSPS) is 12.0. The summed E-state index contributed by atoms with van der Waals surface area (Å²) in [6.07, 6.45) is 1.10. The predicted octanol–water partition coefficient (Wildman–Crippen LogP) is 3.84. The average molecular weight is 325 g/mol. The zero-order valence-electron chi connectivity index (χ0n) is 15.3. The number of benzene rings is 1. The van der Waals surface area contributed by atoms with E-state index in [4.69, 9.17) is 10.1 Å². The van der Waals surface area contributed by atoms with Gasteiger partial charge in [-0.05, 0) is 53.9 Å². The molecule has 1 aromatic carbocycles. The molecule has 3 aromatic rings. The highest BCUT2D eigenvalue weighted by Crippen LogP contribution is 2.33. The summed E-state index contributed by atoms with van der Waals surface area (Å²) in [6.45, 7) is 8.37. The van der Waals surface area contributed by atoms with Gasteiger partial charge in [0.05, 0.1) is 22.3 Å². The minimum Gasteiger partial charge on any atom is -0.384 e. The fourth-order valence-corrected chi connectivity index (χ4v) is 3.12. The highest BCUT2D eigenvalue weighted by atomic mass is 15.3. The molecule has 0 saturated heterocycles. The fraction of sp³-hybridized carbons (Fsp3) is 0.474. The molecule has 0 fully saturated rings. The van der Waals surface area contributed by atoms with E-state index in [0.29, 0.717) is 0 Å². The number of para-hydroxylation sites is 1. The van der Waals surface area contributed by atoms with E-state index in [9.17, 15) is 0 Å². The van der Waals surface area contributed by atoms with Crippen LogP contribution in [-0.4, -0.2) is 46.8 Å². The molecule has 5 heteroatoms. The Bertz CT molecular complexity index is 848. The van der Waals surface area contributed by atoms with Crippen LogP contribution in [0, 0.1) is 6.92 Å². The lowest BCUT2D eigenvalue weighted by molar-refractivity contribution is 0.405. The van der Waals surface area contributed by atoms with Gasteiger partial charge in [0.15, 0.2) is 5.65 Å². The molecular formula is C19H27N5. The molecule has 0 bridgehead atoms. The lowest BCUT2D eigenvalue weighted by atomic mass is 10.1. The van der Waals surface area contributed by atoms with Crippen molar-refractivity contribution in [1.29, 1.82) is 0 Å². The number of pyridine rings is 1. The lowest BCUT2D eigenvalue weighted by Crippen LogP contribution is -2.16. The van der Waals surface area contributed by atoms with Crippen molar-refractivity contribution in [2.45, 2.75) is 33.2 Å². The molecule has 24 heavy (non-hydrogen) atoms. The highest BCUT2D eigenvalue weighted by Gasteiger charge is 2.17. The van der Waals surface area contributed by atoms with E-state index >= 15 is 0 Å². The topological polar surface area (TPSA) is 46.0 Å². The van der Waals surface area contributed by atoms with Crippen LogP contribution in [0.1, 0.15) is 32.0 Å². The summed E-state index contributed by atoms with van der Waals surface area (Å²) in [6, 6.07) is 8.62. The second-order valence-electron chi connectivity index (χ2n) is 6.91. The number of aromatic nitrogens is 3. The third-order valence-electron chi connectivity index (χ3n) is 4.28. The number of fused-ring (bicyclic) bond motifs is 2. The quantitative estimate of drug-likeness (QED) is 0.700. The predicted molar refractivity (Wildman–Crippen MR) is 102 cm³/mol. The first-order valence-corrected chi connectivity index (χ1v) is 8.65. The molecule has 0 aliphatic carbocycles. The first-order chi connectivity index (χ1) is 11.5. The number of aryl methyl sites for hydroxylation is 1. The number of hydrogen-bond acceptors (Lipinski definition) is 4. The maximum atomic E-state index is 4.89. The summed E-state index contributed by atoms with van der Waals surface area (Å²) in [5.41, 5.74) is 4.18. The van der Waals surface area contributed by atoms with E-state index in [1.807, 2.05) is 10.7 Å². The fourth-order valence-electron chi connectivity index (χ4n) is 3.12. The van der Waals surface area contributed by atoms with Gasteiger partial charge in [-0.15, -0.1) is 0 Å². The molecule has 2 heterocycles. The number of nitrogens with one attached hydrogen (secondary N) is 1. The minimum absolute atomic E-state index is 0.288. The van der Waals surface area contributed by atoms with Gasteiger partial charge in [-0.25, -0.2) is 9.67 Å². The standard InChI is InChI=1S/C19H27N5/c1-13(2)24-19-17(14(3)22-24)18(20-11-8-12-23(4)5)15-9-6-7-10-16(15)21-19/h6-7,9-10,13H,8,11-12H2,1-5H3,(H,20,21). The van der Waals surface area contributed by atoms with Gasteiger partial charge in [0, 0.05) is 18.0 Å². The molecule has 0 spiro atoms. The Morgan fingerprint density at radius 2 is 1.96 bits per heavy atom. The van der Waals surface area contributed by atoms with Crippen molar-refractivity contribution in [3.8, 4) is 0 Å². The maximum Gasteiger partial charge on any atom is 0.161 e. The van der Waals surface area contributed by atoms with E-state index in [1.165, 1.54) is 11.1 Å². The van der Waals surface area contributed by atoms with Crippen molar-refractivity contribution >= 4 is 27.6 Å². The smallest absolute Gasteiger partial charge is 0.161 e. The van der Waals surface area contributed by atoms with Crippen LogP contribution in [-0.2, 0) is 0 Å². The van der Waals surface area contributed by atoms with Crippen molar-refractivity contribution in [3.63, 3.8) is 0 Å². The monoisotopic (exact) mass is 325 g/mol. The van der Waals surface area contributed by atoms with Crippen molar-refractivity contribution in [1.82, 2.24) is 19.7 Å². The molecule has 3 rings (SSSR count). The van der Waals surface area contributed by atoms with Gasteiger partial charge in [-0.2, -0.15) is 5.10 Å². The van der Waals surface area contributed by atoms with Crippen LogP contribution < -0.4 is 5.32 Å². The van der Waals surface area contributed by atoms with Crippen LogP contribution in [0.25, 0.3) is 21.9 Å². The van der Waals surface area contributed by atoms with E-state index in [1.54, 1.807) is 0 Å². The first kappa shape index (κ1) is 16.7. The number of nitrogens with zero attached hydrogens (tertiary/aromatic N) is 4. The van der Waals surface area contributed by atoms with Crippen molar-refractivity contribution < 1.29 is 0 Å². The second-order valence-corrected chi connectivity index (χ2v) is 6.91. The van der Waals surface area contributed by atoms with Crippen LogP contribution in [0.4, 0.5) is 5.69 Å². The largest absolute Gasteiger partial charge is 0.384 e. The Labute approximate surface area is 143 Å². The van der Waals surface area contributed by atoms with Gasteiger partial charge in [0.2, 0.25) is 0 Å². The van der Waals surface area contributed by atoms with Crippen LogP contribution in [0.3, 0.4) is 0 Å². The Morgan fingerprint density at radius 3 is 2.67 bits per heavy atom. The van der Waals surface area contributed by atoms with Gasteiger partial charge >= 0.3 is 0 Å². The van der Waals surface area contributed by atoms with Crippen LogP contribution >= 0.6 is 0 Å². The van der Waals surface area contributed by atoms with Gasteiger partial charge in [-0.1, -0.05) is 18.2 Å². The van der Waals surface area contributed by atoms with Crippen LogP contribution in [0.15, 0.2) is 24.3 Å². The molecular weight excluding hydrogens is 298 g/mol. The lowest BCUT2D eigenvalue weighted by Gasteiger charge is -2.14. The van der Waals surface area contributed by atoms with Gasteiger partial charge in [0.25, 0.3) is 0 Å². The molecule has 5 nitrogen and oxygen atoms in total. The van der Waals surface area contributed by atoms with Crippen molar-refractivity contribution in [2.24, 2.45) is 0 Å². The molecule has 128 valence electrons. The van der Waals surface area contributed by atoms with E-state index in [0.717, 1.165) is 41.8 Å². The highest BCUT2D eigenvalue weighted by molar-refractivity contribution is 6.07. The average Bonchev–Trinajstić information content (AvgIpc) is 2.87. The van der Waals surface area contributed by atoms with Gasteiger partial charge in [0.1, 0.15) is 0 Å². The van der Waals surface area contributed by atoms with Crippen LogP contribution in [0.2, 0.25) is 0 Å². The molecule has 0 aliphatic rings. The Kier molecular flexibility index (Phi) is 4.71. The summed E-state index contributed by atoms with van der Waals surface area (Å²) in [7, 11) is 4.22. The minimum atomic E-state index is 0.288. The van der Waals surface area contributed by atoms with E-state index in [-0.39, 0.29) is 6.04 Å². The van der Waals surface area contributed by atoms with Crippen molar-refractivity contribution in [2.75, 3.05) is 32.5 Å². The molecule has 0 radical (unpaired) electrons. The maximum absolute atomic E-state index is 4.89. The first-order valence-electron chi connectivity index (χ1n) is 8.65. The molecule has 0 amide bonds. The number of anilines is 1. The molecule has 1 N–H and O–H groups in total. The summed E-state index contributed by atoms with van der Waals surface area (Å²) >= 11 is 0. The van der Waals surface area contributed by atoms with Gasteiger partial charge in [-0.3, -0.25) is 0 Å². The molecule has 0 unspecified atom stereocenters. The summed E-state index contributed by atoms with van der Waals surface area (Å²) < 4.78 is 2.03. The SMILES string of the molecule is Cc1nn(C(C)C)c2nc3ccccc3c(NCCCN(C)C)c12. The Balaban J connectivity index is 2.11. The van der Waals surface area contributed by atoms with E-state index in [2.05, 4.69) is 63.3 Å². The molecule has 0 saturated carbocycles. The molecule has 2 aromatic heterocycles. The Hall–Kier alpha value is -2.14. The zero-order chi connectivity index (χ0) is 17.3. The summed E-state index contributed by atoms with van der Waals surface area (Å²) in [4.78, 5) is 7.10. The molecule has 0 atom stereocenters. The Morgan fingerprint density at radius 1 is 1.21 bits per heavy atom. The van der Waals surface area contributed by atoms with Crippen LogP contribution in [0.5, 0.6) is 0 Å². The summed E-state index contributed by atoms with van der Waals surface area (Å²) in [5.74, 6) is 0. The van der Waals surface area contributed by atoms with Gasteiger partial charge < -0.3 is 10.2 Å². The second kappa shape index (κ2) is 6.77. The third kappa shape index (κ3) is 3.08. The zero-order valence-corrected chi connectivity index (χ0v) is 15.3. The number of hydrogen-bond donors (Lipinski definition) is 1. The summed E-state index contributed by atoms with van der Waals surface area (Å²) in [5, 5.41) is 10.7. The third-order valence-corrected chi connectivity index (χ3v) is 4.28. The van der Waals surface area contributed by atoms with Crippen molar-refractivity contribution in [3.05, 3.63) is 30.0 Å². The number of rotatable bonds is 6.